The number of aromatic hydroxyl groups is 1. The van der Waals surface area contributed by atoms with Crippen molar-refractivity contribution in [2.45, 2.75) is 82.1 Å². The second-order valence-electron chi connectivity index (χ2n) is 8.86. The Hall–Kier alpha value is -0.770. The van der Waals surface area contributed by atoms with Gasteiger partial charge in [0.2, 0.25) is 5.88 Å². The Morgan fingerprint density at radius 2 is 1.57 bits per heavy atom. The van der Waals surface area contributed by atoms with Crippen LogP contribution >= 0.6 is 11.3 Å². The maximum Gasteiger partial charge on any atom is 0.227 e. The molecule has 6 rings (SSSR count). The molecule has 5 aliphatic carbocycles. The van der Waals surface area contributed by atoms with E-state index in [1.54, 1.807) is 11.3 Å². The number of hydrogen-bond donors (Lipinski definition) is 2. The largest absolute Gasteiger partial charge is 0.492 e. The van der Waals surface area contributed by atoms with E-state index in [-0.39, 0.29) is 0 Å². The predicted molar refractivity (Wildman–Crippen MR) is 94.1 cm³/mol. The lowest BCUT2D eigenvalue weighted by Crippen LogP contribution is -2.54. The van der Waals surface area contributed by atoms with E-state index in [9.17, 15) is 5.11 Å². The van der Waals surface area contributed by atoms with Gasteiger partial charge in [-0.2, -0.15) is 4.98 Å². The van der Waals surface area contributed by atoms with Gasteiger partial charge < -0.3 is 10.4 Å². The summed E-state index contributed by atoms with van der Waals surface area (Å²) >= 11 is 1.74. The molecule has 1 heterocycles. The van der Waals surface area contributed by atoms with Crippen molar-refractivity contribution >= 4 is 16.5 Å². The maximum absolute atomic E-state index is 10.4. The third kappa shape index (κ3) is 2.57. The third-order valence-corrected chi connectivity index (χ3v) is 8.14. The van der Waals surface area contributed by atoms with Gasteiger partial charge in [0, 0.05) is 5.54 Å². The molecule has 5 aliphatic rings. The highest BCUT2D eigenvalue weighted by Crippen LogP contribution is 2.57. The van der Waals surface area contributed by atoms with Crippen LogP contribution in [0.3, 0.4) is 0 Å². The summed E-state index contributed by atoms with van der Waals surface area (Å²) in [6.45, 7) is 0. The summed E-state index contributed by atoms with van der Waals surface area (Å²) in [6, 6.07) is 0. The Kier molecular flexibility index (Phi) is 3.40. The molecule has 5 saturated carbocycles. The van der Waals surface area contributed by atoms with E-state index in [1.807, 2.05) is 0 Å². The topological polar surface area (TPSA) is 45.2 Å². The summed E-state index contributed by atoms with van der Waals surface area (Å²) in [5.74, 6) is 3.70. The van der Waals surface area contributed by atoms with E-state index in [1.165, 1.54) is 70.6 Å². The summed E-state index contributed by atoms with van der Waals surface area (Å²) < 4.78 is 0. The molecular weight excluding hydrogens is 304 g/mol. The summed E-state index contributed by atoms with van der Waals surface area (Å²) in [5, 5.41) is 15.2. The molecule has 4 bridgehead atoms. The Labute approximate surface area is 142 Å². The first-order chi connectivity index (χ1) is 11.2. The van der Waals surface area contributed by atoms with Crippen molar-refractivity contribution in [2.24, 2.45) is 17.8 Å². The zero-order valence-electron chi connectivity index (χ0n) is 13.9. The number of nitrogens with zero attached hydrogens (tertiary/aromatic N) is 1. The first-order valence-electron chi connectivity index (χ1n) is 9.67. The summed E-state index contributed by atoms with van der Waals surface area (Å²) in [4.78, 5) is 5.67. The molecule has 2 N–H and O–H groups in total. The Morgan fingerprint density at radius 3 is 2.17 bits per heavy atom. The van der Waals surface area contributed by atoms with Gasteiger partial charge in [0.1, 0.15) is 0 Å². The smallest absolute Gasteiger partial charge is 0.227 e. The van der Waals surface area contributed by atoms with Crippen molar-refractivity contribution in [2.75, 3.05) is 5.32 Å². The average Bonchev–Trinajstić information content (AvgIpc) is 2.86. The highest BCUT2D eigenvalue weighted by atomic mass is 32.1. The van der Waals surface area contributed by atoms with Crippen molar-refractivity contribution in [3.05, 3.63) is 4.88 Å². The van der Waals surface area contributed by atoms with Crippen LogP contribution in [-0.2, 0) is 0 Å². The van der Waals surface area contributed by atoms with Crippen LogP contribution in [0, 0.1) is 17.8 Å². The van der Waals surface area contributed by atoms with Crippen LogP contribution in [0.15, 0.2) is 0 Å². The number of thiazole rings is 1. The van der Waals surface area contributed by atoms with Gasteiger partial charge in [-0.25, -0.2) is 0 Å². The minimum atomic E-state index is 0.295. The summed E-state index contributed by atoms with van der Waals surface area (Å²) in [6.07, 6.45) is 14.8. The standard InChI is InChI=1S/C19H28N2OS/c22-17-16(15-4-2-1-3-5-15)23-18(20-17)21-19-9-12-6-13(10-19)8-14(7-12)11-19/h12-15,22H,1-11H2,(H,20,21). The van der Waals surface area contributed by atoms with Gasteiger partial charge in [0.25, 0.3) is 0 Å². The summed E-state index contributed by atoms with van der Waals surface area (Å²) in [7, 11) is 0. The molecular formula is C19H28N2OS. The number of nitrogens with one attached hydrogen (secondary N) is 1. The molecule has 1 aromatic rings. The quantitative estimate of drug-likeness (QED) is 0.792. The predicted octanol–water partition coefficient (Wildman–Crippen LogP) is 5.28. The molecule has 0 radical (unpaired) electrons. The van der Waals surface area contributed by atoms with Crippen LogP contribution in [0.25, 0.3) is 0 Å². The average molecular weight is 333 g/mol. The van der Waals surface area contributed by atoms with Gasteiger partial charge in [0.15, 0.2) is 5.13 Å². The van der Waals surface area contributed by atoms with Crippen molar-refractivity contribution in [1.29, 1.82) is 0 Å². The first kappa shape index (κ1) is 14.6. The Morgan fingerprint density at radius 1 is 0.957 bits per heavy atom. The second kappa shape index (κ2) is 5.37. The van der Waals surface area contributed by atoms with Crippen molar-refractivity contribution in [1.82, 2.24) is 4.98 Å². The third-order valence-electron chi connectivity index (χ3n) is 7.02. The van der Waals surface area contributed by atoms with Crippen LogP contribution in [0.1, 0.15) is 81.4 Å². The van der Waals surface area contributed by atoms with Gasteiger partial charge in [-0.15, -0.1) is 0 Å². The van der Waals surface area contributed by atoms with Crippen LogP contribution in [0.2, 0.25) is 0 Å². The van der Waals surface area contributed by atoms with Crippen LogP contribution < -0.4 is 5.32 Å². The van der Waals surface area contributed by atoms with Gasteiger partial charge in [0.05, 0.1) is 4.88 Å². The number of anilines is 1. The lowest BCUT2D eigenvalue weighted by Gasteiger charge is -2.56. The van der Waals surface area contributed by atoms with Gasteiger partial charge in [-0.1, -0.05) is 30.6 Å². The fraction of sp³-hybridized carbons (Fsp3) is 0.842. The molecule has 0 saturated heterocycles. The molecule has 126 valence electrons. The minimum Gasteiger partial charge on any atom is -0.492 e. The fourth-order valence-corrected chi connectivity index (χ4v) is 7.65. The number of hydrogen-bond acceptors (Lipinski definition) is 4. The zero-order valence-corrected chi connectivity index (χ0v) is 14.7. The molecule has 0 atom stereocenters. The number of aromatic nitrogens is 1. The number of rotatable bonds is 3. The van der Waals surface area contributed by atoms with E-state index in [2.05, 4.69) is 10.3 Å². The van der Waals surface area contributed by atoms with E-state index < -0.39 is 0 Å². The molecule has 0 aromatic carbocycles. The summed E-state index contributed by atoms with van der Waals surface area (Å²) in [5.41, 5.74) is 0.295. The van der Waals surface area contributed by atoms with E-state index in [0.717, 1.165) is 27.8 Å². The highest BCUT2D eigenvalue weighted by Gasteiger charge is 2.51. The van der Waals surface area contributed by atoms with E-state index >= 15 is 0 Å². The van der Waals surface area contributed by atoms with Crippen molar-refractivity contribution in [3.63, 3.8) is 0 Å². The van der Waals surface area contributed by atoms with Crippen LogP contribution in [0.5, 0.6) is 5.88 Å². The molecule has 3 nitrogen and oxygen atoms in total. The molecule has 23 heavy (non-hydrogen) atoms. The second-order valence-corrected chi connectivity index (χ2v) is 9.90. The normalized spacial score (nSPS) is 39.7. The highest BCUT2D eigenvalue weighted by molar-refractivity contribution is 7.16. The zero-order chi connectivity index (χ0) is 15.4. The molecule has 0 amide bonds. The first-order valence-corrected chi connectivity index (χ1v) is 10.5. The van der Waals surface area contributed by atoms with Gasteiger partial charge >= 0.3 is 0 Å². The molecule has 0 aliphatic heterocycles. The van der Waals surface area contributed by atoms with Crippen molar-refractivity contribution < 1.29 is 5.11 Å². The molecule has 1 aromatic heterocycles. The fourth-order valence-electron chi connectivity index (χ4n) is 6.50. The van der Waals surface area contributed by atoms with Crippen LogP contribution in [0.4, 0.5) is 5.13 Å². The van der Waals surface area contributed by atoms with E-state index in [4.69, 9.17) is 0 Å². The maximum atomic E-state index is 10.4. The lowest BCUT2D eigenvalue weighted by molar-refractivity contribution is 0.0107. The molecule has 0 unspecified atom stereocenters. The van der Waals surface area contributed by atoms with Gasteiger partial charge in [-0.05, 0) is 75.0 Å². The monoisotopic (exact) mass is 332 g/mol. The minimum absolute atomic E-state index is 0.295. The van der Waals surface area contributed by atoms with Crippen molar-refractivity contribution in [3.8, 4) is 5.88 Å². The SMILES string of the molecule is Oc1nc(NC23CC4CC(CC(C4)C2)C3)sc1C1CCCCC1. The Balaban J connectivity index is 1.36. The molecule has 0 spiro atoms. The molecule has 4 heteroatoms. The lowest BCUT2D eigenvalue weighted by atomic mass is 9.53. The Bertz CT molecular complexity index is 555. The van der Waals surface area contributed by atoms with Gasteiger partial charge in [-0.3, -0.25) is 0 Å². The van der Waals surface area contributed by atoms with Crippen LogP contribution in [-0.4, -0.2) is 15.6 Å². The molecule has 5 fully saturated rings. The van der Waals surface area contributed by atoms with E-state index in [0.29, 0.717) is 17.3 Å².